The van der Waals surface area contributed by atoms with Crippen LogP contribution in [0.3, 0.4) is 0 Å². The summed E-state index contributed by atoms with van der Waals surface area (Å²) in [6, 6.07) is 3.33. The molecular weight excluding hydrogens is 229 g/mol. The van der Waals surface area contributed by atoms with E-state index < -0.39 is 25.0 Å². The zero-order valence-electron chi connectivity index (χ0n) is 7.08. The Balaban J connectivity index is 3.21. The highest BCUT2D eigenvalue weighted by Gasteiger charge is 2.24. The second-order valence-corrected chi connectivity index (χ2v) is 4.29. The molecular formula is C7H4FNO5S. The van der Waals surface area contributed by atoms with Crippen molar-refractivity contribution >= 4 is 20.9 Å². The summed E-state index contributed by atoms with van der Waals surface area (Å²) in [7, 11) is -4.65. The molecule has 0 atom stereocenters. The van der Waals surface area contributed by atoms with Gasteiger partial charge >= 0.3 is 5.37 Å². The van der Waals surface area contributed by atoms with Gasteiger partial charge in [0.2, 0.25) is 0 Å². The summed E-state index contributed by atoms with van der Waals surface area (Å²) >= 11 is 0. The third-order valence-corrected chi connectivity index (χ3v) is 2.88. The highest BCUT2D eigenvalue weighted by molar-refractivity contribution is 8.05. The molecule has 0 aromatic heterocycles. The number of benzene rings is 1. The maximum Gasteiger partial charge on any atom is 0.420 e. The minimum absolute atomic E-state index is 0.347. The normalized spacial score (nSPS) is 11.0. The zero-order valence-corrected chi connectivity index (χ0v) is 7.90. The van der Waals surface area contributed by atoms with Crippen LogP contribution in [-0.4, -0.2) is 18.7 Å². The highest BCUT2D eigenvalue weighted by Crippen LogP contribution is 2.17. The van der Waals surface area contributed by atoms with Gasteiger partial charge in [0.05, 0.1) is 9.82 Å². The van der Waals surface area contributed by atoms with Gasteiger partial charge in [-0.25, -0.2) is 13.2 Å². The van der Waals surface area contributed by atoms with E-state index in [1.54, 1.807) is 0 Å². The van der Waals surface area contributed by atoms with E-state index >= 15 is 0 Å². The number of hydrogen-bond donors (Lipinski definition) is 0. The lowest BCUT2D eigenvalue weighted by atomic mass is 10.3. The SMILES string of the molecule is O=C(F)S(=O)(=O)c1ccc([N+](=O)[O-])cc1. The molecule has 0 aliphatic rings. The first-order valence-corrected chi connectivity index (χ1v) is 5.03. The summed E-state index contributed by atoms with van der Waals surface area (Å²) in [6.45, 7) is 0. The number of hydrogen-bond acceptors (Lipinski definition) is 5. The van der Waals surface area contributed by atoms with E-state index in [4.69, 9.17) is 0 Å². The molecule has 0 saturated heterocycles. The van der Waals surface area contributed by atoms with E-state index in [1.807, 2.05) is 0 Å². The molecule has 0 heterocycles. The van der Waals surface area contributed by atoms with Gasteiger partial charge in [-0.15, -0.1) is 4.39 Å². The Hall–Kier alpha value is -1.83. The highest BCUT2D eigenvalue weighted by atomic mass is 32.2. The number of carbonyl (C=O) groups is 1. The first kappa shape index (κ1) is 11.2. The molecule has 1 rings (SSSR count). The van der Waals surface area contributed by atoms with E-state index in [2.05, 4.69) is 0 Å². The van der Waals surface area contributed by atoms with Gasteiger partial charge in [0.15, 0.2) is 0 Å². The number of non-ortho nitro benzene ring substituents is 1. The van der Waals surface area contributed by atoms with E-state index in [9.17, 15) is 27.7 Å². The third kappa shape index (κ3) is 2.15. The van der Waals surface area contributed by atoms with Crippen LogP contribution >= 0.6 is 0 Å². The molecule has 8 heteroatoms. The Morgan fingerprint density at radius 3 is 2.07 bits per heavy atom. The molecule has 80 valence electrons. The first-order valence-electron chi connectivity index (χ1n) is 3.54. The fourth-order valence-electron chi connectivity index (χ4n) is 0.840. The van der Waals surface area contributed by atoms with Gasteiger partial charge in [-0.3, -0.25) is 10.1 Å². The molecule has 0 aliphatic heterocycles. The van der Waals surface area contributed by atoms with E-state index in [-0.39, 0.29) is 5.69 Å². The summed E-state index contributed by atoms with van der Waals surface area (Å²) < 4.78 is 33.9. The van der Waals surface area contributed by atoms with Gasteiger partial charge in [0, 0.05) is 12.1 Å². The molecule has 0 radical (unpaired) electrons. The largest absolute Gasteiger partial charge is 0.420 e. The van der Waals surface area contributed by atoms with Crippen molar-refractivity contribution in [1.29, 1.82) is 0 Å². The van der Waals surface area contributed by atoms with Gasteiger partial charge in [-0.1, -0.05) is 0 Å². The van der Waals surface area contributed by atoms with Crippen molar-refractivity contribution in [3.05, 3.63) is 34.4 Å². The van der Waals surface area contributed by atoms with Crippen LogP contribution in [0.5, 0.6) is 0 Å². The number of nitro benzene ring substituents is 1. The number of halogens is 1. The molecule has 15 heavy (non-hydrogen) atoms. The molecule has 6 nitrogen and oxygen atoms in total. The van der Waals surface area contributed by atoms with Crippen molar-refractivity contribution in [2.45, 2.75) is 4.90 Å². The Bertz CT molecular complexity index is 507. The molecule has 0 unspecified atom stereocenters. The number of carbonyl (C=O) groups excluding carboxylic acids is 1. The van der Waals surface area contributed by atoms with Gasteiger partial charge in [-0.2, -0.15) is 0 Å². The van der Waals surface area contributed by atoms with Crippen LogP contribution in [0.2, 0.25) is 0 Å². The van der Waals surface area contributed by atoms with E-state index in [0.29, 0.717) is 0 Å². The van der Waals surface area contributed by atoms with Crippen LogP contribution in [-0.2, 0) is 9.84 Å². The van der Waals surface area contributed by atoms with Gasteiger partial charge in [0.1, 0.15) is 0 Å². The predicted molar refractivity (Wildman–Crippen MR) is 46.8 cm³/mol. The second-order valence-electron chi connectivity index (χ2n) is 2.49. The van der Waals surface area contributed by atoms with Crippen LogP contribution in [0.25, 0.3) is 0 Å². The Kier molecular flexibility index (Phi) is 2.80. The van der Waals surface area contributed by atoms with Crippen LogP contribution in [0.4, 0.5) is 14.9 Å². The van der Waals surface area contributed by atoms with Gasteiger partial charge < -0.3 is 0 Å². The number of nitro groups is 1. The molecule has 0 fully saturated rings. The van der Waals surface area contributed by atoms with Crippen LogP contribution in [0.1, 0.15) is 0 Å². The fraction of sp³-hybridized carbons (Fsp3) is 0. The molecule has 0 saturated carbocycles. The lowest BCUT2D eigenvalue weighted by Crippen LogP contribution is -2.07. The number of sulfone groups is 1. The van der Waals surface area contributed by atoms with Crippen molar-refractivity contribution < 1.29 is 22.5 Å². The monoisotopic (exact) mass is 233 g/mol. The smallest absolute Gasteiger partial charge is 0.258 e. The molecule has 1 aromatic rings. The summed E-state index contributed by atoms with van der Waals surface area (Å²) in [5.74, 6) is 0. The molecule has 0 aliphatic carbocycles. The van der Waals surface area contributed by atoms with Crippen molar-refractivity contribution in [2.24, 2.45) is 0 Å². The Labute approximate surface area is 83.4 Å². The number of rotatable bonds is 2. The van der Waals surface area contributed by atoms with Crippen molar-refractivity contribution in [1.82, 2.24) is 0 Å². The molecule has 0 N–H and O–H groups in total. The first-order chi connectivity index (χ1) is 6.85. The summed E-state index contributed by atoms with van der Waals surface area (Å²) in [6.07, 6.45) is 0. The van der Waals surface area contributed by atoms with Crippen LogP contribution in [0.15, 0.2) is 29.2 Å². The average molecular weight is 233 g/mol. The van der Waals surface area contributed by atoms with E-state index in [0.717, 1.165) is 24.3 Å². The minimum Gasteiger partial charge on any atom is -0.258 e. The molecule has 0 bridgehead atoms. The van der Waals surface area contributed by atoms with Crippen molar-refractivity contribution in [2.75, 3.05) is 0 Å². The Morgan fingerprint density at radius 1 is 1.27 bits per heavy atom. The lowest BCUT2D eigenvalue weighted by Gasteiger charge is -1.96. The summed E-state index contributed by atoms with van der Waals surface area (Å²) in [5.41, 5.74) is -0.347. The van der Waals surface area contributed by atoms with Crippen LogP contribution in [0, 0.1) is 10.1 Å². The molecule has 0 amide bonds. The maximum absolute atomic E-state index is 12.1. The molecule has 0 spiro atoms. The zero-order chi connectivity index (χ0) is 11.6. The maximum atomic E-state index is 12.1. The number of nitrogens with zero attached hydrogens (tertiary/aromatic N) is 1. The van der Waals surface area contributed by atoms with E-state index in [1.165, 1.54) is 0 Å². The van der Waals surface area contributed by atoms with Crippen LogP contribution < -0.4 is 0 Å². The lowest BCUT2D eigenvalue weighted by molar-refractivity contribution is -0.384. The third-order valence-electron chi connectivity index (χ3n) is 1.57. The summed E-state index contributed by atoms with van der Waals surface area (Å²) in [4.78, 5) is 19.0. The standard InChI is InChI=1S/C7H4FNO5S/c8-7(10)15(13,14)6-3-1-5(2-4-6)9(11)12/h1-4H. The topological polar surface area (TPSA) is 94.3 Å². The Morgan fingerprint density at radius 2 is 1.73 bits per heavy atom. The van der Waals surface area contributed by atoms with Gasteiger partial charge in [-0.05, 0) is 12.1 Å². The van der Waals surface area contributed by atoms with Gasteiger partial charge in [0.25, 0.3) is 15.5 Å². The quantitative estimate of drug-likeness (QED) is 0.437. The van der Waals surface area contributed by atoms with Crippen molar-refractivity contribution in [3.63, 3.8) is 0 Å². The molecule has 1 aromatic carbocycles. The minimum atomic E-state index is -4.65. The van der Waals surface area contributed by atoms with Crippen molar-refractivity contribution in [3.8, 4) is 0 Å². The predicted octanol–water partition coefficient (Wildman–Crippen LogP) is 1.46. The summed E-state index contributed by atoms with van der Waals surface area (Å²) in [5, 5.41) is 7.72. The fourth-order valence-corrected chi connectivity index (χ4v) is 1.52. The average Bonchev–Trinajstić information content (AvgIpc) is 2.17. The second kappa shape index (κ2) is 3.73.